The minimum absolute atomic E-state index is 0.117. The Morgan fingerprint density at radius 3 is 2.74 bits per heavy atom. The highest BCUT2D eigenvalue weighted by Gasteiger charge is 2.33. The molecule has 6 heteroatoms. The lowest BCUT2D eigenvalue weighted by atomic mass is 10.1. The Hall–Kier alpha value is -1.82. The highest BCUT2D eigenvalue weighted by Crippen LogP contribution is 2.30. The Morgan fingerprint density at radius 2 is 2.21 bits per heavy atom. The smallest absolute Gasteiger partial charge is 0.337 e. The molecule has 6 nitrogen and oxygen atoms in total. The number of rotatable bonds is 3. The standard InChI is InChI=1S/C13H20N4O2/c1-8-6-17(7-10(8)16(2)3)12-11(14)9(13(18)19)4-5-15-12/h4-5,8,10H,6-7,14H2,1-3H3,(H,18,19). The van der Waals surface area contributed by atoms with Crippen LogP contribution < -0.4 is 10.6 Å². The summed E-state index contributed by atoms with van der Waals surface area (Å²) in [5.74, 6) is 0.0540. The van der Waals surface area contributed by atoms with Gasteiger partial charge >= 0.3 is 5.97 Å². The van der Waals surface area contributed by atoms with Gasteiger partial charge in [-0.25, -0.2) is 9.78 Å². The fourth-order valence-electron chi connectivity index (χ4n) is 2.70. The summed E-state index contributed by atoms with van der Waals surface area (Å²) < 4.78 is 0. The predicted octanol–water partition coefficient (Wildman–Crippen LogP) is 0.748. The van der Waals surface area contributed by atoms with E-state index in [1.54, 1.807) is 0 Å². The molecule has 1 aromatic heterocycles. The quantitative estimate of drug-likeness (QED) is 0.838. The summed E-state index contributed by atoms with van der Waals surface area (Å²) in [4.78, 5) is 19.6. The molecule has 2 unspecified atom stereocenters. The number of aromatic nitrogens is 1. The molecule has 0 aromatic carbocycles. The number of nitrogen functional groups attached to an aromatic ring is 1. The van der Waals surface area contributed by atoms with Crippen molar-refractivity contribution in [2.45, 2.75) is 13.0 Å². The molecule has 0 radical (unpaired) electrons. The Kier molecular flexibility index (Phi) is 3.61. The van der Waals surface area contributed by atoms with Crippen LogP contribution in [0.1, 0.15) is 17.3 Å². The van der Waals surface area contributed by atoms with Gasteiger partial charge < -0.3 is 20.6 Å². The number of nitrogens with two attached hydrogens (primary N) is 1. The van der Waals surface area contributed by atoms with Crippen molar-refractivity contribution in [1.29, 1.82) is 0 Å². The van der Waals surface area contributed by atoms with Gasteiger partial charge in [0, 0.05) is 25.3 Å². The maximum Gasteiger partial charge on any atom is 0.337 e. The van der Waals surface area contributed by atoms with Crippen LogP contribution >= 0.6 is 0 Å². The van der Waals surface area contributed by atoms with E-state index >= 15 is 0 Å². The van der Waals surface area contributed by atoms with Crippen molar-refractivity contribution < 1.29 is 9.90 Å². The van der Waals surface area contributed by atoms with E-state index in [-0.39, 0.29) is 11.3 Å². The monoisotopic (exact) mass is 264 g/mol. The predicted molar refractivity (Wildman–Crippen MR) is 74.5 cm³/mol. The summed E-state index contributed by atoms with van der Waals surface area (Å²) in [5, 5.41) is 9.09. The van der Waals surface area contributed by atoms with E-state index in [0.29, 0.717) is 17.8 Å². The number of nitrogens with zero attached hydrogens (tertiary/aromatic N) is 3. The molecule has 19 heavy (non-hydrogen) atoms. The number of anilines is 2. The largest absolute Gasteiger partial charge is 0.478 e. The van der Waals surface area contributed by atoms with E-state index in [0.717, 1.165) is 13.1 Å². The van der Waals surface area contributed by atoms with Crippen LogP contribution in [-0.2, 0) is 0 Å². The third kappa shape index (κ3) is 2.49. The van der Waals surface area contributed by atoms with Crippen LogP contribution in [0, 0.1) is 5.92 Å². The summed E-state index contributed by atoms with van der Waals surface area (Å²) in [5.41, 5.74) is 6.30. The summed E-state index contributed by atoms with van der Waals surface area (Å²) >= 11 is 0. The summed E-state index contributed by atoms with van der Waals surface area (Å²) in [6.45, 7) is 3.83. The molecule has 0 aliphatic carbocycles. The number of carboxylic acid groups (broad SMARTS) is 1. The molecule has 0 amide bonds. The minimum atomic E-state index is -1.02. The zero-order valence-corrected chi connectivity index (χ0v) is 11.5. The van der Waals surface area contributed by atoms with Gasteiger partial charge in [-0.2, -0.15) is 0 Å². The third-order valence-electron chi connectivity index (χ3n) is 3.73. The molecule has 104 valence electrons. The zero-order chi connectivity index (χ0) is 14.2. The van der Waals surface area contributed by atoms with Gasteiger partial charge in [-0.15, -0.1) is 0 Å². The number of carbonyl (C=O) groups is 1. The topological polar surface area (TPSA) is 82.7 Å². The first-order valence-corrected chi connectivity index (χ1v) is 6.31. The molecule has 1 aliphatic heterocycles. The van der Waals surface area contributed by atoms with Gasteiger partial charge in [-0.05, 0) is 26.1 Å². The molecular weight excluding hydrogens is 244 g/mol. The van der Waals surface area contributed by atoms with Crippen molar-refractivity contribution in [3.05, 3.63) is 17.8 Å². The molecule has 2 atom stereocenters. The zero-order valence-electron chi connectivity index (χ0n) is 11.5. The van der Waals surface area contributed by atoms with E-state index in [9.17, 15) is 4.79 Å². The summed E-state index contributed by atoms with van der Waals surface area (Å²) in [6.07, 6.45) is 1.50. The molecule has 1 aromatic rings. The molecule has 2 rings (SSSR count). The molecule has 0 saturated carbocycles. The van der Waals surface area contributed by atoms with Gasteiger partial charge in [0.1, 0.15) is 0 Å². The summed E-state index contributed by atoms with van der Waals surface area (Å²) in [7, 11) is 4.10. The van der Waals surface area contributed by atoms with Crippen LogP contribution in [0.3, 0.4) is 0 Å². The molecule has 3 N–H and O–H groups in total. The molecule has 0 bridgehead atoms. The van der Waals surface area contributed by atoms with Crippen molar-refractivity contribution in [3.8, 4) is 0 Å². The van der Waals surface area contributed by atoms with Crippen molar-refractivity contribution in [2.75, 3.05) is 37.8 Å². The molecular formula is C13H20N4O2. The van der Waals surface area contributed by atoms with Gasteiger partial charge in [0.2, 0.25) is 0 Å². The van der Waals surface area contributed by atoms with Crippen LogP contribution in [-0.4, -0.2) is 54.2 Å². The number of hydrogen-bond acceptors (Lipinski definition) is 5. The van der Waals surface area contributed by atoms with E-state index in [4.69, 9.17) is 10.8 Å². The van der Waals surface area contributed by atoms with E-state index in [1.807, 2.05) is 0 Å². The molecule has 1 aliphatic rings. The van der Waals surface area contributed by atoms with Crippen molar-refractivity contribution >= 4 is 17.5 Å². The highest BCUT2D eigenvalue weighted by molar-refractivity contribution is 5.96. The maximum atomic E-state index is 11.1. The van der Waals surface area contributed by atoms with Gasteiger partial charge in [0.25, 0.3) is 0 Å². The normalized spacial score (nSPS) is 23.1. The number of carboxylic acids is 1. The van der Waals surface area contributed by atoms with Crippen LogP contribution in [0.15, 0.2) is 12.3 Å². The first-order valence-electron chi connectivity index (χ1n) is 6.31. The number of likely N-dealkylation sites (N-methyl/N-ethyl adjacent to an activating group) is 1. The number of aromatic carboxylic acids is 1. The van der Waals surface area contributed by atoms with Crippen LogP contribution in [0.25, 0.3) is 0 Å². The third-order valence-corrected chi connectivity index (χ3v) is 3.73. The van der Waals surface area contributed by atoms with Gasteiger partial charge in [-0.1, -0.05) is 6.92 Å². The van der Waals surface area contributed by atoms with Crippen molar-refractivity contribution in [1.82, 2.24) is 9.88 Å². The average Bonchev–Trinajstić information content (AvgIpc) is 2.71. The van der Waals surface area contributed by atoms with Crippen molar-refractivity contribution in [3.63, 3.8) is 0 Å². The second-order valence-electron chi connectivity index (χ2n) is 5.31. The second-order valence-corrected chi connectivity index (χ2v) is 5.31. The molecule has 1 fully saturated rings. The van der Waals surface area contributed by atoms with Crippen molar-refractivity contribution in [2.24, 2.45) is 5.92 Å². The Morgan fingerprint density at radius 1 is 1.53 bits per heavy atom. The number of hydrogen-bond donors (Lipinski definition) is 2. The Labute approximate surface area is 112 Å². The SMILES string of the molecule is CC1CN(c2nccc(C(=O)O)c2N)CC1N(C)C. The molecule has 0 spiro atoms. The fourth-order valence-corrected chi connectivity index (χ4v) is 2.70. The van der Waals surface area contributed by atoms with Gasteiger partial charge in [-0.3, -0.25) is 0 Å². The van der Waals surface area contributed by atoms with Crippen LogP contribution in [0.4, 0.5) is 11.5 Å². The van der Waals surface area contributed by atoms with E-state index < -0.39 is 5.97 Å². The maximum absolute atomic E-state index is 11.1. The first kappa shape index (κ1) is 13.6. The van der Waals surface area contributed by atoms with E-state index in [1.165, 1.54) is 12.3 Å². The average molecular weight is 264 g/mol. The summed E-state index contributed by atoms with van der Waals surface area (Å²) in [6, 6.07) is 1.86. The highest BCUT2D eigenvalue weighted by atomic mass is 16.4. The Balaban J connectivity index is 2.29. The molecule has 2 heterocycles. The second kappa shape index (κ2) is 5.05. The minimum Gasteiger partial charge on any atom is -0.478 e. The van der Waals surface area contributed by atoms with Gasteiger partial charge in [0.05, 0.1) is 11.3 Å². The van der Waals surface area contributed by atoms with Gasteiger partial charge in [0.15, 0.2) is 5.82 Å². The van der Waals surface area contributed by atoms with E-state index in [2.05, 4.69) is 35.8 Å². The number of pyridine rings is 1. The van der Waals surface area contributed by atoms with Crippen LogP contribution in [0.2, 0.25) is 0 Å². The fraction of sp³-hybridized carbons (Fsp3) is 0.538. The first-order chi connectivity index (χ1) is 8.91. The lowest BCUT2D eigenvalue weighted by molar-refractivity contribution is 0.0698. The lowest BCUT2D eigenvalue weighted by Crippen LogP contribution is -2.34. The lowest BCUT2D eigenvalue weighted by Gasteiger charge is -2.23. The molecule has 1 saturated heterocycles. The van der Waals surface area contributed by atoms with Crippen LogP contribution in [0.5, 0.6) is 0 Å². The Bertz CT molecular complexity index is 490.